The van der Waals surface area contributed by atoms with Crippen molar-refractivity contribution in [2.75, 3.05) is 43.4 Å². The van der Waals surface area contributed by atoms with E-state index < -0.39 is 0 Å². The Morgan fingerprint density at radius 2 is 1.75 bits per heavy atom. The zero-order valence-electron chi connectivity index (χ0n) is 16.0. The first kappa shape index (κ1) is 18.8. The highest BCUT2D eigenvalue weighted by atomic mass is 35.5. The molecule has 0 spiro atoms. The van der Waals surface area contributed by atoms with E-state index in [1.54, 1.807) is 0 Å². The molecule has 0 saturated carbocycles. The second-order valence-corrected chi connectivity index (χ2v) is 7.75. The fourth-order valence-corrected chi connectivity index (χ4v) is 3.92. The molecule has 3 aromatic carbocycles. The third-order valence-corrected chi connectivity index (χ3v) is 5.54. The lowest BCUT2D eigenvalue weighted by atomic mass is 10.0. The number of nitrogens with zero attached hydrogens (tertiary/aromatic N) is 2. The maximum Gasteiger partial charge on any atom is 0.228 e. The van der Waals surface area contributed by atoms with Crippen molar-refractivity contribution in [3.63, 3.8) is 0 Å². The Morgan fingerprint density at radius 3 is 2.57 bits per heavy atom. The average molecular weight is 394 g/mol. The molecule has 1 N–H and O–H groups in total. The molecule has 1 saturated heterocycles. The van der Waals surface area contributed by atoms with Crippen LogP contribution < -0.4 is 10.2 Å². The van der Waals surface area contributed by atoms with Gasteiger partial charge in [-0.1, -0.05) is 54.1 Å². The number of amides is 1. The van der Waals surface area contributed by atoms with Crippen LogP contribution in [0.2, 0.25) is 5.02 Å². The Bertz CT molecular complexity index is 991. The number of fused-ring (bicyclic) bond motifs is 1. The number of hydrogen-bond donors (Lipinski definition) is 1. The quantitative estimate of drug-likeness (QED) is 0.712. The maximum atomic E-state index is 12.8. The monoisotopic (exact) mass is 393 g/mol. The molecule has 1 fully saturated rings. The van der Waals surface area contributed by atoms with Crippen molar-refractivity contribution in [3.8, 4) is 0 Å². The molecule has 1 aliphatic rings. The molecule has 5 heteroatoms. The standard InChI is InChI=1S/C23H24ClN3O/c1-26-11-13-27(14-12-26)22-10-9-19(24)16-21(22)25-23(28)15-18-7-4-6-17-5-2-3-8-20(17)18/h2-10,16H,11-15H2,1H3,(H,25,28). The van der Waals surface area contributed by atoms with Crippen molar-refractivity contribution in [1.82, 2.24) is 4.90 Å². The van der Waals surface area contributed by atoms with Gasteiger partial charge in [0.05, 0.1) is 17.8 Å². The molecule has 0 aromatic heterocycles. The fourth-order valence-electron chi connectivity index (χ4n) is 3.75. The van der Waals surface area contributed by atoms with Crippen LogP contribution in [0.15, 0.2) is 60.7 Å². The predicted molar refractivity (Wildman–Crippen MR) is 117 cm³/mol. The minimum atomic E-state index is -0.0333. The molecule has 0 aliphatic carbocycles. The third-order valence-electron chi connectivity index (χ3n) is 5.31. The molecule has 0 unspecified atom stereocenters. The van der Waals surface area contributed by atoms with Crippen LogP contribution in [-0.4, -0.2) is 44.0 Å². The smallest absolute Gasteiger partial charge is 0.228 e. The highest BCUT2D eigenvalue weighted by molar-refractivity contribution is 6.31. The second-order valence-electron chi connectivity index (χ2n) is 7.32. The number of piperazine rings is 1. The Kier molecular flexibility index (Phi) is 5.51. The number of rotatable bonds is 4. The summed E-state index contributed by atoms with van der Waals surface area (Å²) < 4.78 is 0. The van der Waals surface area contributed by atoms with E-state index in [1.807, 2.05) is 42.5 Å². The van der Waals surface area contributed by atoms with E-state index in [0.29, 0.717) is 11.4 Å². The maximum absolute atomic E-state index is 12.8. The number of benzene rings is 3. The van der Waals surface area contributed by atoms with Crippen LogP contribution in [0.25, 0.3) is 10.8 Å². The van der Waals surface area contributed by atoms with E-state index in [1.165, 1.54) is 0 Å². The Hall–Kier alpha value is -2.56. The Morgan fingerprint density at radius 1 is 1.00 bits per heavy atom. The van der Waals surface area contributed by atoms with Gasteiger partial charge in [0.25, 0.3) is 0 Å². The minimum Gasteiger partial charge on any atom is -0.367 e. The summed E-state index contributed by atoms with van der Waals surface area (Å²) in [5, 5.41) is 5.98. The summed E-state index contributed by atoms with van der Waals surface area (Å²) in [6, 6.07) is 20.0. The molecule has 4 nitrogen and oxygen atoms in total. The number of anilines is 2. The van der Waals surface area contributed by atoms with Crippen molar-refractivity contribution < 1.29 is 4.79 Å². The normalized spacial score (nSPS) is 15.0. The van der Waals surface area contributed by atoms with Gasteiger partial charge in [-0.15, -0.1) is 0 Å². The second kappa shape index (κ2) is 8.21. The van der Waals surface area contributed by atoms with Crippen molar-refractivity contribution in [3.05, 3.63) is 71.2 Å². The molecule has 0 atom stereocenters. The molecule has 1 amide bonds. The third kappa shape index (κ3) is 4.13. The van der Waals surface area contributed by atoms with Gasteiger partial charge >= 0.3 is 0 Å². The molecule has 3 aromatic rings. The van der Waals surface area contributed by atoms with E-state index in [2.05, 4.69) is 40.4 Å². The summed E-state index contributed by atoms with van der Waals surface area (Å²) in [6.07, 6.45) is 0.329. The number of carbonyl (C=O) groups excluding carboxylic acids is 1. The lowest BCUT2D eigenvalue weighted by Gasteiger charge is -2.35. The van der Waals surface area contributed by atoms with Crippen LogP contribution >= 0.6 is 11.6 Å². The minimum absolute atomic E-state index is 0.0333. The summed E-state index contributed by atoms with van der Waals surface area (Å²) in [4.78, 5) is 17.5. The van der Waals surface area contributed by atoms with E-state index >= 15 is 0 Å². The summed E-state index contributed by atoms with van der Waals surface area (Å²) in [5.41, 5.74) is 2.84. The number of likely N-dealkylation sites (N-methyl/N-ethyl adjacent to an activating group) is 1. The molecule has 4 rings (SSSR count). The van der Waals surface area contributed by atoms with Crippen LogP contribution in [0.4, 0.5) is 11.4 Å². The van der Waals surface area contributed by atoms with Crippen molar-refractivity contribution in [2.45, 2.75) is 6.42 Å². The Balaban J connectivity index is 1.55. The molecule has 28 heavy (non-hydrogen) atoms. The van der Waals surface area contributed by atoms with Gasteiger partial charge in [0.2, 0.25) is 5.91 Å². The largest absolute Gasteiger partial charge is 0.367 e. The fraction of sp³-hybridized carbons (Fsp3) is 0.261. The van der Waals surface area contributed by atoms with Crippen LogP contribution in [0.5, 0.6) is 0 Å². The summed E-state index contributed by atoms with van der Waals surface area (Å²) in [5.74, 6) is -0.0333. The predicted octanol–water partition coefficient (Wildman–Crippen LogP) is 4.43. The molecule has 1 aliphatic heterocycles. The van der Waals surface area contributed by atoms with Gasteiger partial charge in [0.15, 0.2) is 0 Å². The number of nitrogens with one attached hydrogen (secondary N) is 1. The number of hydrogen-bond acceptors (Lipinski definition) is 3. The van der Waals surface area contributed by atoms with Gasteiger partial charge in [-0.05, 0) is 41.6 Å². The van der Waals surface area contributed by atoms with E-state index in [0.717, 1.165) is 53.9 Å². The van der Waals surface area contributed by atoms with Crippen LogP contribution in [0.1, 0.15) is 5.56 Å². The topological polar surface area (TPSA) is 35.6 Å². The van der Waals surface area contributed by atoms with E-state index in [-0.39, 0.29) is 5.91 Å². The van der Waals surface area contributed by atoms with Crippen molar-refractivity contribution >= 4 is 39.7 Å². The van der Waals surface area contributed by atoms with Gasteiger partial charge in [0.1, 0.15) is 0 Å². The van der Waals surface area contributed by atoms with Gasteiger partial charge in [-0.2, -0.15) is 0 Å². The number of halogens is 1. The van der Waals surface area contributed by atoms with Crippen molar-refractivity contribution in [2.24, 2.45) is 0 Å². The van der Waals surface area contributed by atoms with E-state index in [4.69, 9.17) is 11.6 Å². The summed E-state index contributed by atoms with van der Waals surface area (Å²) >= 11 is 6.22. The van der Waals surface area contributed by atoms with Crippen LogP contribution in [0, 0.1) is 0 Å². The average Bonchev–Trinajstić information content (AvgIpc) is 2.69. The first-order chi connectivity index (χ1) is 13.6. The van der Waals surface area contributed by atoms with Gasteiger partial charge < -0.3 is 15.1 Å². The summed E-state index contributed by atoms with van der Waals surface area (Å²) in [7, 11) is 2.13. The Labute approximate surface area is 170 Å². The highest BCUT2D eigenvalue weighted by Crippen LogP contribution is 2.30. The lowest BCUT2D eigenvalue weighted by Crippen LogP contribution is -2.44. The molecule has 0 bridgehead atoms. The van der Waals surface area contributed by atoms with E-state index in [9.17, 15) is 4.79 Å². The van der Waals surface area contributed by atoms with Crippen LogP contribution in [-0.2, 0) is 11.2 Å². The zero-order chi connectivity index (χ0) is 19.5. The first-order valence-electron chi connectivity index (χ1n) is 9.60. The van der Waals surface area contributed by atoms with Gasteiger partial charge in [-0.25, -0.2) is 0 Å². The first-order valence-corrected chi connectivity index (χ1v) is 9.97. The number of carbonyl (C=O) groups is 1. The van der Waals surface area contributed by atoms with Crippen molar-refractivity contribution in [1.29, 1.82) is 0 Å². The molecular weight excluding hydrogens is 370 g/mol. The molecular formula is C23H24ClN3O. The van der Waals surface area contributed by atoms with Crippen LogP contribution in [0.3, 0.4) is 0 Å². The SMILES string of the molecule is CN1CCN(c2ccc(Cl)cc2NC(=O)Cc2cccc3ccccc23)CC1. The zero-order valence-corrected chi connectivity index (χ0v) is 16.7. The molecule has 1 heterocycles. The van der Waals surface area contributed by atoms with Gasteiger partial charge in [0, 0.05) is 31.2 Å². The highest BCUT2D eigenvalue weighted by Gasteiger charge is 2.18. The summed E-state index contributed by atoms with van der Waals surface area (Å²) in [6.45, 7) is 3.88. The molecule has 0 radical (unpaired) electrons. The van der Waals surface area contributed by atoms with Gasteiger partial charge in [-0.3, -0.25) is 4.79 Å². The molecule has 144 valence electrons. The lowest BCUT2D eigenvalue weighted by molar-refractivity contribution is -0.115.